The largest absolute Gasteiger partial charge is 0.496 e. The number of nitrogens with zero attached hydrogens (tertiary/aromatic N) is 2. The molecule has 0 aliphatic carbocycles. The van der Waals surface area contributed by atoms with Gasteiger partial charge in [-0.3, -0.25) is 5.10 Å². The van der Waals surface area contributed by atoms with Crippen molar-refractivity contribution < 1.29 is 23.7 Å². The van der Waals surface area contributed by atoms with Gasteiger partial charge in [0, 0.05) is 11.1 Å². The van der Waals surface area contributed by atoms with Crippen LogP contribution >= 0.6 is 0 Å². The third kappa shape index (κ3) is 3.22. The number of fused-ring (bicyclic) bond motifs is 1. The molecule has 3 aromatic rings. The normalized spacial score (nSPS) is 14.8. The van der Waals surface area contributed by atoms with Crippen molar-refractivity contribution in [2.24, 2.45) is 5.73 Å². The van der Waals surface area contributed by atoms with Crippen LogP contribution in [0.15, 0.2) is 47.9 Å². The van der Waals surface area contributed by atoms with Crippen LogP contribution in [0.3, 0.4) is 0 Å². The van der Waals surface area contributed by atoms with Crippen molar-refractivity contribution in [3.8, 4) is 46.2 Å². The molecule has 2 heterocycles. The van der Waals surface area contributed by atoms with E-state index in [1.54, 1.807) is 33.5 Å². The standard InChI is InChI=1S/C23H22N4O5/c1-28-15-8-6-5-7-13(15)18-14(11-24)22(25)32-23-19(18)20(26-27-23)12-9-16(29-2)21(31-4)17(10-12)30-3/h5-10,18H,25H2,1-4H3,(H,26,27)/t18-/m0/s1. The lowest BCUT2D eigenvalue weighted by atomic mass is 9.82. The fourth-order valence-corrected chi connectivity index (χ4v) is 3.91. The van der Waals surface area contributed by atoms with Crippen molar-refractivity contribution in [3.63, 3.8) is 0 Å². The minimum absolute atomic E-state index is 0.00107. The van der Waals surface area contributed by atoms with Crippen molar-refractivity contribution >= 4 is 0 Å². The van der Waals surface area contributed by atoms with E-state index in [1.807, 2.05) is 24.3 Å². The highest BCUT2D eigenvalue weighted by Gasteiger charge is 2.37. The number of allylic oxidation sites excluding steroid dienone is 1. The Balaban J connectivity index is 1.98. The monoisotopic (exact) mass is 434 g/mol. The minimum atomic E-state index is -0.562. The Kier molecular flexibility index (Phi) is 5.52. The Morgan fingerprint density at radius 1 is 1.00 bits per heavy atom. The van der Waals surface area contributed by atoms with Gasteiger partial charge in [-0.05, 0) is 18.2 Å². The Morgan fingerprint density at radius 3 is 2.25 bits per heavy atom. The van der Waals surface area contributed by atoms with Crippen molar-refractivity contribution in [2.75, 3.05) is 28.4 Å². The van der Waals surface area contributed by atoms with Crippen molar-refractivity contribution in [1.82, 2.24) is 10.2 Å². The number of ether oxygens (including phenoxy) is 5. The fourth-order valence-electron chi connectivity index (χ4n) is 3.91. The first kappa shape index (κ1) is 20.9. The van der Waals surface area contributed by atoms with E-state index in [2.05, 4.69) is 16.3 Å². The molecule has 1 aromatic heterocycles. The van der Waals surface area contributed by atoms with Gasteiger partial charge in [-0.2, -0.15) is 5.26 Å². The highest BCUT2D eigenvalue weighted by atomic mass is 16.5. The lowest BCUT2D eigenvalue weighted by Crippen LogP contribution is -2.21. The first-order chi connectivity index (χ1) is 15.6. The second kappa shape index (κ2) is 8.43. The second-order valence-corrected chi connectivity index (χ2v) is 6.90. The summed E-state index contributed by atoms with van der Waals surface area (Å²) in [5.41, 5.74) is 9.08. The van der Waals surface area contributed by atoms with Gasteiger partial charge in [0.1, 0.15) is 17.4 Å². The summed E-state index contributed by atoms with van der Waals surface area (Å²) in [4.78, 5) is 0. The number of rotatable bonds is 6. The van der Waals surface area contributed by atoms with Gasteiger partial charge in [0.05, 0.1) is 45.6 Å². The lowest BCUT2D eigenvalue weighted by molar-refractivity contribution is 0.324. The van der Waals surface area contributed by atoms with Gasteiger partial charge in [0.25, 0.3) is 0 Å². The zero-order valence-corrected chi connectivity index (χ0v) is 18.1. The Morgan fingerprint density at radius 2 is 1.66 bits per heavy atom. The molecule has 1 atom stereocenters. The zero-order valence-electron chi connectivity index (χ0n) is 18.1. The average Bonchev–Trinajstić information content (AvgIpc) is 3.25. The molecule has 1 aliphatic rings. The summed E-state index contributed by atoms with van der Waals surface area (Å²) in [6, 6.07) is 13.2. The van der Waals surface area contributed by atoms with E-state index >= 15 is 0 Å². The molecule has 0 radical (unpaired) electrons. The van der Waals surface area contributed by atoms with Crippen LogP contribution in [-0.4, -0.2) is 38.6 Å². The number of H-pyrrole nitrogens is 1. The van der Waals surface area contributed by atoms with Crippen LogP contribution in [0.1, 0.15) is 17.0 Å². The second-order valence-electron chi connectivity index (χ2n) is 6.90. The molecule has 9 nitrogen and oxygen atoms in total. The SMILES string of the molecule is COc1ccccc1[C@H]1C(C#N)=C(N)Oc2n[nH]c(-c3cc(OC)c(OC)c(OC)c3)c21. The fraction of sp³-hybridized carbons (Fsp3) is 0.217. The average molecular weight is 434 g/mol. The highest BCUT2D eigenvalue weighted by Crippen LogP contribution is 2.49. The number of hydrogen-bond acceptors (Lipinski definition) is 8. The molecular formula is C23H22N4O5. The maximum absolute atomic E-state index is 9.92. The zero-order chi connectivity index (χ0) is 22.8. The molecule has 4 rings (SSSR count). The number of para-hydroxylation sites is 1. The first-order valence-electron chi connectivity index (χ1n) is 9.67. The quantitative estimate of drug-likeness (QED) is 0.605. The van der Waals surface area contributed by atoms with Gasteiger partial charge in [-0.15, -0.1) is 5.10 Å². The number of methoxy groups -OCH3 is 4. The third-order valence-corrected chi connectivity index (χ3v) is 5.34. The van der Waals surface area contributed by atoms with Gasteiger partial charge in [-0.25, -0.2) is 0 Å². The van der Waals surface area contributed by atoms with Crippen molar-refractivity contribution in [2.45, 2.75) is 5.92 Å². The molecule has 0 fully saturated rings. The number of nitriles is 1. The Hall–Kier alpha value is -4.32. The molecule has 0 unspecified atom stereocenters. The number of benzene rings is 2. The van der Waals surface area contributed by atoms with Crippen molar-refractivity contribution in [1.29, 1.82) is 5.26 Å². The molecular weight excluding hydrogens is 412 g/mol. The third-order valence-electron chi connectivity index (χ3n) is 5.34. The van der Waals surface area contributed by atoms with Gasteiger partial charge < -0.3 is 29.4 Å². The van der Waals surface area contributed by atoms with E-state index in [0.717, 1.165) is 5.56 Å². The number of nitrogens with two attached hydrogens (primary N) is 1. The molecule has 3 N–H and O–H groups in total. The van der Waals surface area contributed by atoms with E-state index in [9.17, 15) is 5.26 Å². The topological polar surface area (TPSA) is 125 Å². The van der Waals surface area contributed by atoms with Gasteiger partial charge in [-0.1, -0.05) is 18.2 Å². The van der Waals surface area contributed by atoms with Crippen LogP contribution in [0.5, 0.6) is 28.9 Å². The van der Waals surface area contributed by atoms with Crippen LogP contribution in [-0.2, 0) is 0 Å². The molecule has 0 bridgehead atoms. The lowest BCUT2D eigenvalue weighted by Gasteiger charge is -2.25. The summed E-state index contributed by atoms with van der Waals surface area (Å²) in [6.07, 6.45) is 0. The van der Waals surface area contributed by atoms with E-state index < -0.39 is 5.92 Å². The number of aromatic nitrogens is 2. The smallest absolute Gasteiger partial charge is 0.244 e. The molecule has 164 valence electrons. The van der Waals surface area contributed by atoms with E-state index in [0.29, 0.717) is 39.8 Å². The molecule has 1 aliphatic heterocycles. The molecule has 0 spiro atoms. The van der Waals surface area contributed by atoms with Crippen molar-refractivity contribution in [3.05, 3.63) is 59.0 Å². The Labute approximate surface area is 184 Å². The van der Waals surface area contributed by atoms with Gasteiger partial charge in [0.15, 0.2) is 11.5 Å². The summed E-state index contributed by atoms with van der Waals surface area (Å²) in [7, 11) is 6.20. The maximum Gasteiger partial charge on any atom is 0.244 e. The number of nitrogens with one attached hydrogen (secondary N) is 1. The van der Waals surface area contributed by atoms with Crippen LogP contribution in [0.4, 0.5) is 0 Å². The highest BCUT2D eigenvalue weighted by molar-refractivity contribution is 5.75. The maximum atomic E-state index is 9.92. The van der Waals surface area contributed by atoms with Crippen LogP contribution in [0.25, 0.3) is 11.3 Å². The summed E-state index contributed by atoms with van der Waals surface area (Å²) in [6.45, 7) is 0. The summed E-state index contributed by atoms with van der Waals surface area (Å²) in [5, 5.41) is 17.2. The predicted octanol–water partition coefficient (Wildman–Crippen LogP) is 3.33. The molecule has 2 aromatic carbocycles. The summed E-state index contributed by atoms with van der Waals surface area (Å²) >= 11 is 0. The number of aromatic amines is 1. The summed E-state index contributed by atoms with van der Waals surface area (Å²) in [5.74, 6) is 1.75. The van der Waals surface area contributed by atoms with Crippen LogP contribution in [0.2, 0.25) is 0 Å². The van der Waals surface area contributed by atoms with Gasteiger partial charge >= 0.3 is 0 Å². The van der Waals surface area contributed by atoms with Gasteiger partial charge in [0.2, 0.25) is 17.5 Å². The minimum Gasteiger partial charge on any atom is -0.496 e. The molecule has 9 heteroatoms. The van der Waals surface area contributed by atoms with Crippen LogP contribution < -0.4 is 29.4 Å². The predicted molar refractivity (Wildman–Crippen MR) is 116 cm³/mol. The van der Waals surface area contributed by atoms with E-state index in [-0.39, 0.29) is 17.3 Å². The molecule has 0 amide bonds. The molecule has 32 heavy (non-hydrogen) atoms. The molecule has 0 saturated carbocycles. The first-order valence-corrected chi connectivity index (χ1v) is 9.67. The van der Waals surface area contributed by atoms with E-state index in [1.165, 1.54) is 7.11 Å². The van der Waals surface area contributed by atoms with Crippen LogP contribution in [0, 0.1) is 11.3 Å². The Bertz CT molecular complexity index is 1220. The van der Waals surface area contributed by atoms with E-state index in [4.69, 9.17) is 29.4 Å². The summed E-state index contributed by atoms with van der Waals surface area (Å²) < 4.78 is 27.7. The number of hydrogen-bond donors (Lipinski definition) is 2. The molecule has 0 saturated heterocycles.